The highest BCUT2D eigenvalue weighted by molar-refractivity contribution is 5.15. The molecule has 1 unspecified atom stereocenters. The van der Waals surface area contributed by atoms with Gasteiger partial charge in [0.15, 0.2) is 5.79 Å². The average Bonchev–Trinajstić information content (AvgIpc) is 2.81. The molecule has 1 aliphatic carbocycles. The first kappa shape index (κ1) is 10.2. The van der Waals surface area contributed by atoms with Crippen LogP contribution in [0.25, 0.3) is 0 Å². The summed E-state index contributed by atoms with van der Waals surface area (Å²) >= 11 is 0. The predicted octanol–water partition coefficient (Wildman–Crippen LogP) is 2.32. The van der Waals surface area contributed by atoms with E-state index in [0.29, 0.717) is 6.73 Å². The molecule has 3 nitrogen and oxygen atoms in total. The van der Waals surface area contributed by atoms with E-state index in [4.69, 9.17) is 9.47 Å². The Labute approximate surface area is 89.6 Å². The number of nitrogens with zero attached hydrogens (tertiary/aromatic N) is 1. The Bertz CT molecular complexity index is 354. The van der Waals surface area contributed by atoms with Gasteiger partial charge in [0, 0.05) is 25.9 Å². The van der Waals surface area contributed by atoms with E-state index in [1.165, 1.54) is 0 Å². The molecule has 0 saturated carbocycles. The third kappa shape index (κ3) is 2.37. The lowest BCUT2D eigenvalue weighted by atomic mass is 10.1. The number of hydrogen-bond acceptors (Lipinski definition) is 2. The van der Waals surface area contributed by atoms with Crippen LogP contribution in [0.15, 0.2) is 48.8 Å². The highest BCUT2D eigenvalue weighted by Gasteiger charge is 2.27. The van der Waals surface area contributed by atoms with Crippen molar-refractivity contribution in [2.45, 2.75) is 18.9 Å². The van der Waals surface area contributed by atoms with Gasteiger partial charge in [-0.05, 0) is 18.2 Å². The van der Waals surface area contributed by atoms with Gasteiger partial charge in [-0.1, -0.05) is 18.2 Å². The zero-order valence-corrected chi connectivity index (χ0v) is 8.80. The molecule has 1 heterocycles. The van der Waals surface area contributed by atoms with Crippen molar-refractivity contribution < 1.29 is 9.47 Å². The minimum atomic E-state index is -0.598. The Kier molecular flexibility index (Phi) is 3.04. The van der Waals surface area contributed by atoms with Crippen molar-refractivity contribution in [1.29, 1.82) is 0 Å². The highest BCUT2D eigenvalue weighted by Crippen LogP contribution is 2.23. The molecule has 0 spiro atoms. The first-order chi connectivity index (χ1) is 7.35. The number of allylic oxidation sites excluding steroid dienone is 2. The molecule has 0 N–H and O–H groups in total. The molecular weight excluding hydrogens is 190 g/mol. The maximum atomic E-state index is 5.77. The lowest BCUT2D eigenvalue weighted by Gasteiger charge is -2.29. The summed E-state index contributed by atoms with van der Waals surface area (Å²) in [6, 6.07) is 3.94. The molecule has 0 radical (unpaired) electrons. The molecule has 0 saturated heterocycles. The van der Waals surface area contributed by atoms with Gasteiger partial charge in [-0.15, -0.1) is 0 Å². The van der Waals surface area contributed by atoms with E-state index in [9.17, 15) is 0 Å². The minimum absolute atomic E-state index is 0.499. The second kappa shape index (κ2) is 4.47. The Morgan fingerprint density at radius 3 is 2.67 bits per heavy atom. The fraction of sp³-hybridized carbons (Fsp3) is 0.333. The fourth-order valence-electron chi connectivity index (χ4n) is 1.54. The summed E-state index contributed by atoms with van der Waals surface area (Å²) < 4.78 is 13.1. The molecule has 0 amide bonds. The normalized spacial score (nSPS) is 24.6. The van der Waals surface area contributed by atoms with Crippen LogP contribution < -0.4 is 0 Å². The summed E-state index contributed by atoms with van der Waals surface area (Å²) in [5.74, 6) is -0.598. The first-order valence-corrected chi connectivity index (χ1v) is 4.99. The number of hydrogen-bond donors (Lipinski definition) is 0. The van der Waals surface area contributed by atoms with Crippen LogP contribution in [0.4, 0.5) is 0 Å². The molecule has 80 valence electrons. The predicted molar refractivity (Wildman–Crippen MR) is 58.2 cm³/mol. The number of ether oxygens (including phenoxy) is 2. The lowest BCUT2D eigenvalue weighted by Crippen LogP contribution is -2.33. The second-order valence-corrected chi connectivity index (χ2v) is 3.48. The topological polar surface area (TPSA) is 23.4 Å². The van der Waals surface area contributed by atoms with Crippen LogP contribution in [0.1, 0.15) is 6.42 Å². The maximum Gasteiger partial charge on any atom is 0.193 e. The summed E-state index contributed by atoms with van der Waals surface area (Å²) in [5.41, 5.74) is 0. The van der Waals surface area contributed by atoms with E-state index >= 15 is 0 Å². The van der Waals surface area contributed by atoms with Gasteiger partial charge in [0.25, 0.3) is 0 Å². The van der Waals surface area contributed by atoms with Gasteiger partial charge in [-0.2, -0.15) is 0 Å². The van der Waals surface area contributed by atoms with Gasteiger partial charge in [-0.25, -0.2) is 0 Å². The van der Waals surface area contributed by atoms with Crippen LogP contribution in [-0.2, 0) is 16.2 Å². The van der Waals surface area contributed by atoms with Crippen molar-refractivity contribution in [3.63, 3.8) is 0 Å². The van der Waals surface area contributed by atoms with Crippen LogP contribution >= 0.6 is 0 Å². The summed E-state index contributed by atoms with van der Waals surface area (Å²) in [4.78, 5) is 0. The Balaban J connectivity index is 1.97. The van der Waals surface area contributed by atoms with E-state index in [-0.39, 0.29) is 0 Å². The molecule has 3 heteroatoms. The molecule has 1 aliphatic rings. The van der Waals surface area contributed by atoms with E-state index in [1.807, 2.05) is 53.4 Å². The molecule has 1 aromatic rings. The molecule has 1 atom stereocenters. The van der Waals surface area contributed by atoms with Gasteiger partial charge in [0.05, 0.1) is 0 Å². The molecular formula is C12H15NO2. The number of rotatable bonds is 4. The van der Waals surface area contributed by atoms with E-state index in [0.717, 1.165) is 6.42 Å². The number of methoxy groups -OCH3 is 1. The molecule has 2 rings (SSSR count). The quantitative estimate of drug-likeness (QED) is 0.704. The van der Waals surface area contributed by atoms with Crippen molar-refractivity contribution in [1.82, 2.24) is 4.57 Å². The van der Waals surface area contributed by atoms with Gasteiger partial charge in [-0.3, -0.25) is 0 Å². The Morgan fingerprint density at radius 2 is 2.07 bits per heavy atom. The van der Waals surface area contributed by atoms with Crippen LogP contribution in [-0.4, -0.2) is 17.5 Å². The van der Waals surface area contributed by atoms with Crippen LogP contribution in [0.3, 0.4) is 0 Å². The van der Waals surface area contributed by atoms with Crippen molar-refractivity contribution in [2.24, 2.45) is 0 Å². The molecule has 0 fully saturated rings. The highest BCUT2D eigenvalue weighted by atomic mass is 16.7. The molecule has 0 aliphatic heterocycles. The van der Waals surface area contributed by atoms with Crippen molar-refractivity contribution >= 4 is 0 Å². The molecule has 1 aromatic heterocycles. The number of aromatic nitrogens is 1. The first-order valence-electron chi connectivity index (χ1n) is 4.99. The Hall–Kier alpha value is -1.32. The molecule has 0 bridgehead atoms. The molecule has 0 aromatic carbocycles. The van der Waals surface area contributed by atoms with E-state index in [2.05, 4.69) is 0 Å². The molecule has 15 heavy (non-hydrogen) atoms. The van der Waals surface area contributed by atoms with Gasteiger partial charge < -0.3 is 14.0 Å². The zero-order chi connectivity index (χ0) is 10.6. The Morgan fingerprint density at radius 1 is 1.27 bits per heavy atom. The SMILES string of the molecule is COC1(OCn2cccc2)C=CC=CC1. The van der Waals surface area contributed by atoms with E-state index in [1.54, 1.807) is 7.11 Å². The van der Waals surface area contributed by atoms with Crippen molar-refractivity contribution in [2.75, 3.05) is 7.11 Å². The van der Waals surface area contributed by atoms with Gasteiger partial charge in [0.2, 0.25) is 0 Å². The van der Waals surface area contributed by atoms with Crippen molar-refractivity contribution in [3.05, 3.63) is 48.8 Å². The largest absolute Gasteiger partial charge is 0.349 e. The second-order valence-electron chi connectivity index (χ2n) is 3.48. The fourth-order valence-corrected chi connectivity index (χ4v) is 1.54. The van der Waals surface area contributed by atoms with Gasteiger partial charge in [0.1, 0.15) is 6.73 Å². The van der Waals surface area contributed by atoms with Gasteiger partial charge >= 0.3 is 0 Å². The summed E-state index contributed by atoms with van der Waals surface area (Å²) in [6.45, 7) is 0.499. The monoisotopic (exact) mass is 205 g/mol. The summed E-state index contributed by atoms with van der Waals surface area (Å²) in [7, 11) is 1.67. The zero-order valence-electron chi connectivity index (χ0n) is 8.80. The minimum Gasteiger partial charge on any atom is -0.349 e. The average molecular weight is 205 g/mol. The standard InChI is InChI=1S/C12H15NO2/c1-14-12(7-3-2-4-8-12)15-11-13-9-5-6-10-13/h2-7,9-10H,8,11H2,1H3. The third-order valence-electron chi connectivity index (χ3n) is 2.47. The van der Waals surface area contributed by atoms with Crippen LogP contribution in [0.5, 0.6) is 0 Å². The van der Waals surface area contributed by atoms with E-state index < -0.39 is 5.79 Å². The smallest absolute Gasteiger partial charge is 0.193 e. The van der Waals surface area contributed by atoms with Crippen molar-refractivity contribution in [3.8, 4) is 0 Å². The maximum absolute atomic E-state index is 5.77. The van der Waals surface area contributed by atoms with Crippen LogP contribution in [0, 0.1) is 0 Å². The summed E-state index contributed by atoms with van der Waals surface area (Å²) in [6.07, 6.45) is 12.6. The summed E-state index contributed by atoms with van der Waals surface area (Å²) in [5, 5.41) is 0. The van der Waals surface area contributed by atoms with Crippen LogP contribution in [0.2, 0.25) is 0 Å². The lowest BCUT2D eigenvalue weighted by molar-refractivity contribution is -0.205. The third-order valence-corrected chi connectivity index (χ3v) is 2.47.